The zero-order valence-electron chi connectivity index (χ0n) is 18.8. The lowest BCUT2D eigenvalue weighted by atomic mass is 10.0. The van der Waals surface area contributed by atoms with Gasteiger partial charge in [-0.3, -0.25) is 14.6 Å². The molecule has 2 aliphatic rings. The van der Waals surface area contributed by atoms with Crippen molar-refractivity contribution in [2.75, 3.05) is 5.32 Å². The van der Waals surface area contributed by atoms with Crippen LogP contribution in [-0.2, 0) is 9.59 Å². The van der Waals surface area contributed by atoms with Gasteiger partial charge in [-0.1, -0.05) is 62.4 Å². The second-order valence-electron chi connectivity index (χ2n) is 8.55. The number of thioether (sulfide) groups is 1. The molecule has 0 unspecified atom stereocenters. The standard InChI is InChI=1S/C25H28N4O2S/c1-5-21(23(30)26-17-12-10-16(4)11-13-17)32-25-28-19-9-7-6-8-18(19)22-27-20(14-15(2)3)24(31)29(22)25/h6-13,15,20-21H,5,14H2,1-4H3,(H,26,30)/t20-,21-/m0/s1. The number of benzene rings is 2. The van der Waals surface area contributed by atoms with Gasteiger partial charge in [0.2, 0.25) is 5.91 Å². The number of aryl methyl sites for hydroxylation is 1. The largest absolute Gasteiger partial charge is 0.325 e. The fourth-order valence-electron chi connectivity index (χ4n) is 3.79. The van der Waals surface area contributed by atoms with E-state index in [1.165, 1.54) is 11.8 Å². The SMILES string of the molecule is CC[C@H](SC1=Nc2ccccc2C2=N[C@@H](CC(C)C)C(=O)N12)C(=O)Nc1ccc(C)cc1. The topological polar surface area (TPSA) is 74.1 Å². The van der Waals surface area contributed by atoms with E-state index >= 15 is 0 Å². The van der Waals surface area contributed by atoms with Gasteiger partial charge < -0.3 is 5.32 Å². The summed E-state index contributed by atoms with van der Waals surface area (Å²) >= 11 is 1.32. The maximum absolute atomic E-state index is 13.3. The molecule has 2 heterocycles. The number of aliphatic imine (C=N–C) groups is 2. The summed E-state index contributed by atoms with van der Waals surface area (Å²) in [7, 11) is 0. The van der Waals surface area contributed by atoms with Crippen LogP contribution in [0.15, 0.2) is 58.5 Å². The molecule has 0 saturated heterocycles. The van der Waals surface area contributed by atoms with Gasteiger partial charge in [0.1, 0.15) is 11.9 Å². The Labute approximate surface area is 193 Å². The van der Waals surface area contributed by atoms with E-state index in [2.05, 4.69) is 19.2 Å². The number of carbonyl (C=O) groups is 2. The van der Waals surface area contributed by atoms with Gasteiger partial charge in [0.25, 0.3) is 5.91 Å². The minimum Gasteiger partial charge on any atom is -0.325 e. The number of hydrogen-bond donors (Lipinski definition) is 1. The molecule has 2 aromatic carbocycles. The summed E-state index contributed by atoms with van der Waals surface area (Å²) in [6, 6.07) is 15.0. The van der Waals surface area contributed by atoms with Crippen molar-refractivity contribution in [3.05, 3.63) is 59.7 Å². The molecule has 1 N–H and O–H groups in total. The van der Waals surface area contributed by atoms with Gasteiger partial charge in [-0.25, -0.2) is 9.89 Å². The molecule has 166 valence electrons. The van der Waals surface area contributed by atoms with Gasteiger partial charge in [-0.05, 0) is 49.9 Å². The Kier molecular flexibility index (Phi) is 6.46. The molecule has 0 saturated carbocycles. The molecule has 2 aliphatic heterocycles. The Hall–Kier alpha value is -2.93. The van der Waals surface area contributed by atoms with Crippen molar-refractivity contribution in [3.63, 3.8) is 0 Å². The van der Waals surface area contributed by atoms with Crippen LogP contribution in [-0.4, -0.2) is 39.0 Å². The van der Waals surface area contributed by atoms with Crippen LogP contribution in [0.1, 0.15) is 44.7 Å². The normalized spacial score (nSPS) is 18.1. The van der Waals surface area contributed by atoms with Gasteiger partial charge in [0.15, 0.2) is 5.17 Å². The number of amidine groups is 2. The average molecular weight is 449 g/mol. The summed E-state index contributed by atoms with van der Waals surface area (Å²) < 4.78 is 0. The molecular formula is C25H28N4O2S. The maximum atomic E-state index is 13.3. The predicted molar refractivity (Wildman–Crippen MR) is 132 cm³/mol. The van der Waals surface area contributed by atoms with Gasteiger partial charge in [0, 0.05) is 11.3 Å². The summed E-state index contributed by atoms with van der Waals surface area (Å²) in [6.45, 7) is 8.15. The fourth-order valence-corrected chi connectivity index (χ4v) is 4.81. The van der Waals surface area contributed by atoms with Gasteiger partial charge in [-0.2, -0.15) is 0 Å². The number of hydrogen-bond acceptors (Lipinski definition) is 5. The smallest absolute Gasteiger partial charge is 0.259 e. The number of anilines is 1. The molecule has 6 nitrogen and oxygen atoms in total. The molecule has 4 rings (SSSR count). The van der Waals surface area contributed by atoms with Crippen molar-refractivity contribution >= 4 is 46.0 Å². The molecule has 2 amide bonds. The van der Waals surface area contributed by atoms with Crippen LogP contribution in [0.3, 0.4) is 0 Å². The molecule has 2 aromatic rings. The molecule has 0 spiro atoms. The lowest BCUT2D eigenvalue weighted by molar-refractivity contribution is -0.125. The van der Waals surface area contributed by atoms with Crippen LogP contribution >= 0.6 is 11.8 Å². The number of fused-ring (bicyclic) bond motifs is 3. The summed E-state index contributed by atoms with van der Waals surface area (Å²) in [5.74, 6) is 0.819. The third-order valence-corrected chi connectivity index (χ3v) is 6.79. The molecule has 2 atom stereocenters. The van der Waals surface area contributed by atoms with Crippen molar-refractivity contribution in [3.8, 4) is 0 Å². The first-order valence-electron chi connectivity index (χ1n) is 11.0. The van der Waals surface area contributed by atoms with Gasteiger partial charge in [-0.15, -0.1) is 0 Å². The lowest BCUT2D eigenvalue weighted by Gasteiger charge is -2.27. The Morgan fingerprint density at radius 3 is 2.56 bits per heavy atom. The Morgan fingerprint density at radius 1 is 1.16 bits per heavy atom. The van der Waals surface area contributed by atoms with E-state index in [4.69, 9.17) is 9.98 Å². The molecule has 0 aliphatic carbocycles. The highest BCUT2D eigenvalue weighted by atomic mass is 32.2. The van der Waals surface area contributed by atoms with E-state index in [0.29, 0.717) is 29.8 Å². The summed E-state index contributed by atoms with van der Waals surface area (Å²) in [6.07, 6.45) is 1.29. The number of carbonyl (C=O) groups excluding carboxylic acids is 2. The van der Waals surface area contributed by atoms with E-state index in [1.54, 1.807) is 4.90 Å². The van der Waals surface area contributed by atoms with E-state index in [0.717, 1.165) is 22.5 Å². The monoisotopic (exact) mass is 448 g/mol. The molecule has 0 fully saturated rings. The number of rotatable bonds is 6. The van der Waals surface area contributed by atoms with Crippen LogP contribution in [0.2, 0.25) is 0 Å². The highest BCUT2D eigenvalue weighted by Gasteiger charge is 2.42. The first kappa shape index (κ1) is 22.3. The number of para-hydroxylation sites is 1. The molecule has 0 bridgehead atoms. The van der Waals surface area contributed by atoms with E-state index < -0.39 is 11.3 Å². The van der Waals surface area contributed by atoms with Crippen molar-refractivity contribution in [2.45, 2.75) is 51.8 Å². The zero-order chi connectivity index (χ0) is 22.8. The number of nitrogens with one attached hydrogen (secondary N) is 1. The first-order chi connectivity index (χ1) is 15.4. The second-order valence-corrected chi connectivity index (χ2v) is 9.72. The average Bonchev–Trinajstić information content (AvgIpc) is 3.09. The molecule has 7 heteroatoms. The number of amides is 2. The third-order valence-electron chi connectivity index (χ3n) is 5.47. The van der Waals surface area contributed by atoms with Gasteiger partial charge in [0.05, 0.1) is 10.9 Å². The van der Waals surface area contributed by atoms with Crippen LogP contribution in [0.4, 0.5) is 11.4 Å². The molecule has 0 aromatic heterocycles. The Morgan fingerprint density at radius 2 is 1.88 bits per heavy atom. The minimum atomic E-state index is -0.414. The van der Waals surface area contributed by atoms with E-state index in [1.807, 2.05) is 62.4 Å². The van der Waals surface area contributed by atoms with Crippen molar-refractivity contribution < 1.29 is 9.59 Å². The van der Waals surface area contributed by atoms with Crippen molar-refractivity contribution in [1.82, 2.24) is 4.90 Å². The van der Waals surface area contributed by atoms with E-state index in [-0.39, 0.29) is 11.8 Å². The summed E-state index contributed by atoms with van der Waals surface area (Å²) in [4.78, 5) is 37.4. The minimum absolute atomic E-state index is 0.0664. The molecule has 0 radical (unpaired) electrons. The van der Waals surface area contributed by atoms with E-state index in [9.17, 15) is 9.59 Å². The first-order valence-corrected chi connectivity index (χ1v) is 11.9. The van der Waals surface area contributed by atoms with Gasteiger partial charge >= 0.3 is 0 Å². The Bertz CT molecular complexity index is 1090. The molecule has 32 heavy (non-hydrogen) atoms. The predicted octanol–water partition coefficient (Wildman–Crippen LogP) is 5.15. The highest BCUT2D eigenvalue weighted by Crippen LogP contribution is 2.36. The van der Waals surface area contributed by atoms with Crippen LogP contribution in [0.5, 0.6) is 0 Å². The van der Waals surface area contributed by atoms with Crippen LogP contribution < -0.4 is 5.32 Å². The molecular weight excluding hydrogens is 420 g/mol. The fraction of sp³-hybridized carbons (Fsp3) is 0.360. The van der Waals surface area contributed by atoms with Crippen molar-refractivity contribution in [1.29, 1.82) is 0 Å². The summed E-state index contributed by atoms with van der Waals surface area (Å²) in [5, 5.41) is 3.11. The second kappa shape index (κ2) is 9.28. The van der Waals surface area contributed by atoms with Crippen LogP contribution in [0.25, 0.3) is 0 Å². The zero-order valence-corrected chi connectivity index (χ0v) is 19.6. The third kappa shape index (κ3) is 4.48. The Balaban J connectivity index is 1.61. The van der Waals surface area contributed by atoms with Crippen molar-refractivity contribution in [2.24, 2.45) is 15.9 Å². The quantitative estimate of drug-likeness (QED) is 0.664. The maximum Gasteiger partial charge on any atom is 0.259 e. The van der Waals surface area contributed by atoms with Crippen LogP contribution in [0, 0.1) is 12.8 Å². The highest BCUT2D eigenvalue weighted by molar-refractivity contribution is 8.15. The summed E-state index contributed by atoms with van der Waals surface area (Å²) in [5.41, 5.74) is 3.52. The lowest BCUT2D eigenvalue weighted by Crippen LogP contribution is -2.42. The number of nitrogens with zero attached hydrogens (tertiary/aromatic N) is 3.